The first-order chi connectivity index (χ1) is 13.1. The Morgan fingerprint density at radius 2 is 1.96 bits per heavy atom. The lowest BCUT2D eigenvalue weighted by atomic mass is 10.2. The lowest BCUT2D eigenvalue weighted by Gasteiger charge is -2.26. The van der Waals surface area contributed by atoms with Crippen molar-refractivity contribution in [3.8, 4) is 0 Å². The summed E-state index contributed by atoms with van der Waals surface area (Å²) < 4.78 is 18.3. The minimum Gasteiger partial charge on any atom is -0.379 e. The fourth-order valence-corrected chi connectivity index (χ4v) is 2.79. The highest BCUT2D eigenvalue weighted by molar-refractivity contribution is 5.92. The Hall–Kier alpha value is -2.58. The standard InChI is InChI=1S/C19H24FN5O2/c1-14-12-17(18(26)22-13-15-2-4-16(20)5-3-15)24-19(23-14)21-6-7-25-8-10-27-11-9-25/h2-5,12H,6-11,13H2,1H3,(H,22,26)(H,21,23,24). The van der Waals surface area contributed by atoms with E-state index in [0.717, 1.165) is 38.4 Å². The lowest BCUT2D eigenvalue weighted by molar-refractivity contribution is 0.0398. The molecule has 0 spiro atoms. The van der Waals surface area contributed by atoms with Gasteiger partial charge in [0.05, 0.1) is 13.2 Å². The van der Waals surface area contributed by atoms with Crippen LogP contribution in [0.5, 0.6) is 0 Å². The SMILES string of the molecule is Cc1cc(C(=O)NCc2ccc(F)cc2)nc(NCCN2CCOCC2)n1. The molecule has 1 fully saturated rings. The van der Waals surface area contributed by atoms with Crippen molar-refractivity contribution in [3.05, 3.63) is 53.1 Å². The van der Waals surface area contributed by atoms with Gasteiger partial charge in [0, 0.05) is 38.4 Å². The molecule has 2 N–H and O–H groups in total. The van der Waals surface area contributed by atoms with E-state index in [-0.39, 0.29) is 11.7 Å². The fraction of sp³-hybridized carbons (Fsp3) is 0.421. The van der Waals surface area contributed by atoms with Crippen molar-refractivity contribution in [3.63, 3.8) is 0 Å². The number of morpholine rings is 1. The van der Waals surface area contributed by atoms with Crippen LogP contribution < -0.4 is 10.6 Å². The van der Waals surface area contributed by atoms with Crippen LogP contribution in [-0.2, 0) is 11.3 Å². The second kappa shape index (κ2) is 9.38. The molecule has 1 aliphatic heterocycles. The number of carbonyl (C=O) groups is 1. The Balaban J connectivity index is 1.53. The lowest BCUT2D eigenvalue weighted by Crippen LogP contribution is -2.39. The molecular weight excluding hydrogens is 349 g/mol. The number of aromatic nitrogens is 2. The first-order valence-corrected chi connectivity index (χ1v) is 9.02. The smallest absolute Gasteiger partial charge is 0.270 e. The van der Waals surface area contributed by atoms with E-state index >= 15 is 0 Å². The van der Waals surface area contributed by atoms with E-state index in [1.54, 1.807) is 18.2 Å². The highest BCUT2D eigenvalue weighted by Crippen LogP contribution is 2.07. The number of halogens is 1. The van der Waals surface area contributed by atoms with Gasteiger partial charge in [-0.2, -0.15) is 0 Å². The zero-order chi connectivity index (χ0) is 19.1. The number of amides is 1. The van der Waals surface area contributed by atoms with Gasteiger partial charge in [-0.05, 0) is 30.7 Å². The van der Waals surface area contributed by atoms with E-state index in [1.165, 1.54) is 12.1 Å². The quantitative estimate of drug-likeness (QED) is 0.768. The van der Waals surface area contributed by atoms with Crippen molar-refractivity contribution in [2.24, 2.45) is 0 Å². The first-order valence-electron chi connectivity index (χ1n) is 9.02. The fourth-order valence-electron chi connectivity index (χ4n) is 2.79. The molecule has 0 radical (unpaired) electrons. The zero-order valence-electron chi connectivity index (χ0n) is 15.4. The van der Waals surface area contributed by atoms with Crippen LogP contribution in [0.3, 0.4) is 0 Å². The maximum atomic E-state index is 12.9. The van der Waals surface area contributed by atoms with Gasteiger partial charge in [0.25, 0.3) is 5.91 Å². The second-order valence-corrected chi connectivity index (χ2v) is 6.41. The molecule has 1 saturated heterocycles. The summed E-state index contributed by atoms with van der Waals surface area (Å²) in [6.45, 7) is 7.07. The van der Waals surface area contributed by atoms with Crippen molar-refractivity contribution in [1.82, 2.24) is 20.2 Å². The second-order valence-electron chi connectivity index (χ2n) is 6.41. The van der Waals surface area contributed by atoms with Crippen LogP contribution in [0.15, 0.2) is 30.3 Å². The Morgan fingerprint density at radius 3 is 2.70 bits per heavy atom. The summed E-state index contributed by atoms with van der Waals surface area (Å²) >= 11 is 0. The van der Waals surface area contributed by atoms with Gasteiger partial charge in [-0.15, -0.1) is 0 Å². The van der Waals surface area contributed by atoms with E-state index in [9.17, 15) is 9.18 Å². The summed E-state index contributed by atoms with van der Waals surface area (Å²) in [6, 6.07) is 7.66. The molecule has 3 rings (SSSR count). The number of aryl methyl sites for hydroxylation is 1. The number of anilines is 1. The molecule has 0 unspecified atom stereocenters. The summed E-state index contributed by atoms with van der Waals surface area (Å²) in [7, 11) is 0. The molecule has 27 heavy (non-hydrogen) atoms. The van der Waals surface area contributed by atoms with Gasteiger partial charge in [-0.1, -0.05) is 12.1 Å². The molecule has 0 bridgehead atoms. The number of rotatable bonds is 7. The van der Waals surface area contributed by atoms with E-state index < -0.39 is 0 Å². The first kappa shape index (κ1) is 19.2. The highest BCUT2D eigenvalue weighted by atomic mass is 19.1. The third-order valence-corrected chi connectivity index (χ3v) is 4.27. The molecule has 1 aromatic heterocycles. The molecule has 1 aromatic carbocycles. The van der Waals surface area contributed by atoms with Crippen LogP contribution in [0, 0.1) is 12.7 Å². The van der Waals surface area contributed by atoms with Gasteiger partial charge < -0.3 is 15.4 Å². The Labute approximate surface area is 158 Å². The maximum absolute atomic E-state index is 12.9. The number of carbonyl (C=O) groups excluding carboxylic acids is 1. The van der Waals surface area contributed by atoms with Crippen molar-refractivity contribution in [1.29, 1.82) is 0 Å². The van der Waals surface area contributed by atoms with Crippen LogP contribution in [0.2, 0.25) is 0 Å². The largest absolute Gasteiger partial charge is 0.379 e. The molecule has 0 aliphatic carbocycles. The van der Waals surface area contributed by atoms with Crippen LogP contribution >= 0.6 is 0 Å². The molecular formula is C19H24FN5O2. The average Bonchev–Trinajstić information content (AvgIpc) is 2.68. The molecule has 2 aromatic rings. The minimum atomic E-state index is -0.302. The molecule has 0 atom stereocenters. The molecule has 144 valence electrons. The van der Waals surface area contributed by atoms with Gasteiger partial charge >= 0.3 is 0 Å². The predicted molar refractivity (Wildman–Crippen MR) is 100 cm³/mol. The maximum Gasteiger partial charge on any atom is 0.270 e. The topological polar surface area (TPSA) is 79.4 Å². The third-order valence-electron chi connectivity index (χ3n) is 4.27. The Bertz CT molecular complexity index is 763. The number of nitrogens with one attached hydrogen (secondary N) is 2. The van der Waals surface area contributed by atoms with Crippen molar-refractivity contribution in [2.75, 3.05) is 44.7 Å². The van der Waals surface area contributed by atoms with Gasteiger partial charge in [0.1, 0.15) is 11.5 Å². The van der Waals surface area contributed by atoms with E-state index in [1.807, 2.05) is 6.92 Å². The molecule has 1 amide bonds. The summed E-state index contributed by atoms with van der Waals surface area (Å²) in [5.74, 6) is -0.152. The minimum absolute atomic E-state index is 0.291. The van der Waals surface area contributed by atoms with Crippen LogP contribution in [0.1, 0.15) is 21.7 Å². The summed E-state index contributed by atoms with van der Waals surface area (Å²) in [5, 5.41) is 5.98. The molecule has 7 nitrogen and oxygen atoms in total. The monoisotopic (exact) mass is 373 g/mol. The van der Waals surface area contributed by atoms with Gasteiger partial charge in [-0.25, -0.2) is 14.4 Å². The van der Waals surface area contributed by atoms with Crippen molar-refractivity contribution >= 4 is 11.9 Å². The molecule has 2 heterocycles. The summed E-state index contributed by atoms with van der Waals surface area (Å²) in [4.78, 5) is 23.3. The van der Waals surface area contributed by atoms with E-state index in [4.69, 9.17) is 4.74 Å². The molecule has 1 aliphatic rings. The van der Waals surface area contributed by atoms with Gasteiger partial charge in [0.2, 0.25) is 5.95 Å². The van der Waals surface area contributed by atoms with Crippen LogP contribution in [0.25, 0.3) is 0 Å². The summed E-state index contributed by atoms with van der Waals surface area (Å²) in [6.07, 6.45) is 0. The number of nitrogens with zero attached hydrogens (tertiary/aromatic N) is 3. The van der Waals surface area contributed by atoms with E-state index in [2.05, 4.69) is 25.5 Å². The number of ether oxygens (including phenoxy) is 1. The Kier molecular flexibility index (Phi) is 6.67. The third kappa shape index (κ3) is 5.97. The highest BCUT2D eigenvalue weighted by Gasteiger charge is 2.12. The predicted octanol–water partition coefficient (Wildman–Crippen LogP) is 1.60. The number of hydrogen-bond donors (Lipinski definition) is 2. The van der Waals surface area contributed by atoms with Gasteiger partial charge in [-0.3, -0.25) is 9.69 Å². The van der Waals surface area contributed by atoms with Crippen molar-refractivity contribution in [2.45, 2.75) is 13.5 Å². The van der Waals surface area contributed by atoms with Crippen LogP contribution in [-0.4, -0.2) is 60.2 Å². The molecule has 8 heteroatoms. The van der Waals surface area contributed by atoms with Crippen LogP contribution in [0.4, 0.5) is 10.3 Å². The summed E-state index contributed by atoms with van der Waals surface area (Å²) in [5.41, 5.74) is 1.84. The van der Waals surface area contributed by atoms with Crippen molar-refractivity contribution < 1.29 is 13.9 Å². The Morgan fingerprint density at radius 1 is 1.22 bits per heavy atom. The normalized spacial score (nSPS) is 14.7. The van der Waals surface area contributed by atoms with Gasteiger partial charge in [0.15, 0.2) is 0 Å². The van der Waals surface area contributed by atoms with E-state index in [0.29, 0.717) is 30.4 Å². The zero-order valence-corrected chi connectivity index (χ0v) is 15.4. The number of benzene rings is 1. The molecule has 0 saturated carbocycles. The number of hydrogen-bond acceptors (Lipinski definition) is 6. The average molecular weight is 373 g/mol.